The number of nitrogens with one attached hydrogen (secondary N) is 3. The van der Waals surface area contributed by atoms with Crippen LogP contribution in [0.4, 0.5) is 4.79 Å². The number of hydrogen-bond donors (Lipinski definition) is 4. The van der Waals surface area contributed by atoms with Gasteiger partial charge in [0.25, 0.3) is 0 Å². The molecule has 1 fully saturated rings. The van der Waals surface area contributed by atoms with Crippen LogP contribution in [-0.4, -0.2) is 30.6 Å². The first-order valence-electron chi connectivity index (χ1n) is 7.80. The predicted octanol–water partition coefficient (Wildman–Crippen LogP) is 1.95. The molecule has 0 bridgehead atoms. The number of urea groups is 1. The molecule has 1 saturated carbocycles. The van der Waals surface area contributed by atoms with Crippen LogP contribution in [-0.2, 0) is 11.3 Å². The van der Waals surface area contributed by atoms with Crippen LogP contribution in [0.3, 0.4) is 0 Å². The van der Waals surface area contributed by atoms with Crippen LogP contribution in [0.5, 0.6) is 0 Å². The quantitative estimate of drug-likeness (QED) is 0.612. The van der Waals surface area contributed by atoms with Gasteiger partial charge in [0.05, 0.1) is 12.1 Å². The lowest BCUT2D eigenvalue weighted by Crippen LogP contribution is -2.54. The molecule has 1 aliphatic carbocycles. The predicted molar refractivity (Wildman–Crippen MR) is 97.3 cm³/mol. The smallest absolute Gasteiger partial charge is 0.315 e. The van der Waals surface area contributed by atoms with Crippen molar-refractivity contribution in [3.05, 3.63) is 34.9 Å². The molecule has 2 rings (SSSR count). The summed E-state index contributed by atoms with van der Waals surface area (Å²) in [6.45, 7) is 0.743. The van der Waals surface area contributed by atoms with Crippen LogP contribution < -0.4 is 21.7 Å². The van der Waals surface area contributed by atoms with Gasteiger partial charge in [-0.2, -0.15) is 0 Å². The second kappa shape index (κ2) is 9.71. The van der Waals surface area contributed by atoms with Gasteiger partial charge >= 0.3 is 6.03 Å². The third-order valence-corrected chi connectivity index (χ3v) is 4.38. The third kappa shape index (κ3) is 6.19. The van der Waals surface area contributed by atoms with Gasteiger partial charge in [0.2, 0.25) is 5.91 Å². The Bertz CT molecular complexity index is 546. The molecule has 0 heterocycles. The molecule has 1 aromatic carbocycles. The second-order valence-electron chi connectivity index (χ2n) is 5.90. The Hall–Kier alpha value is -1.50. The first-order valence-corrected chi connectivity index (χ1v) is 8.18. The average Bonchev–Trinajstić information content (AvgIpc) is 3.01. The Morgan fingerprint density at radius 3 is 2.33 bits per heavy atom. The minimum atomic E-state index is -0.386. The van der Waals surface area contributed by atoms with Crippen LogP contribution in [0.25, 0.3) is 0 Å². The highest BCUT2D eigenvalue weighted by atomic mass is 35.5. The summed E-state index contributed by atoms with van der Waals surface area (Å²) in [6, 6.07) is 6.81. The van der Waals surface area contributed by atoms with E-state index in [1.54, 1.807) is 12.1 Å². The monoisotopic (exact) mass is 374 g/mol. The van der Waals surface area contributed by atoms with Crippen molar-refractivity contribution >= 4 is 35.9 Å². The van der Waals surface area contributed by atoms with Gasteiger partial charge in [-0.1, -0.05) is 36.6 Å². The minimum Gasteiger partial charge on any atom is -0.348 e. The summed E-state index contributed by atoms with van der Waals surface area (Å²) in [4.78, 5) is 23.7. The number of benzene rings is 1. The maximum absolute atomic E-state index is 12.0. The first-order chi connectivity index (χ1) is 11.0. The first kappa shape index (κ1) is 20.5. The second-order valence-corrected chi connectivity index (χ2v) is 6.34. The highest BCUT2D eigenvalue weighted by molar-refractivity contribution is 6.30. The fourth-order valence-electron chi connectivity index (χ4n) is 2.78. The third-order valence-electron chi connectivity index (χ3n) is 4.13. The average molecular weight is 375 g/mol. The lowest BCUT2D eigenvalue weighted by Gasteiger charge is -2.28. The summed E-state index contributed by atoms with van der Waals surface area (Å²) in [5.74, 6) is -0.209. The molecule has 134 valence electrons. The van der Waals surface area contributed by atoms with Gasteiger partial charge in [0, 0.05) is 18.1 Å². The van der Waals surface area contributed by atoms with Gasteiger partial charge in [-0.3, -0.25) is 4.79 Å². The molecule has 0 spiro atoms. The summed E-state index contributed by atoms with van der Waals surface area (Å²) < 4.78 is 0. The Morgan fingerprint density at radius 2 is 1.75 bits per heavy atom. The molecule has 3 amide bonds. The number of carbonyl (C=O) groups is 2. The van der Waals surface area contributed by atoms with Crippen molar-refractivity contribution in [3.63, 3.8) is 0 Å². The number of amides is 3. The van der Waals surface area contributed by atoms with Crippen molar-refractivity contribution in [1.29, 1.82) is 0 Å². The van der Waals surface area contributed by atoms with Gasteiger partial charge in [0.1, 0.15) is 0 Å². The van der Waals surface area contributed by atoms with Crippen molar-refractivity contribution in [2.24, 2.45) is 5.73 Å². The van der Waals surface area contributed by atoms with E-state index in [-0.39, 0.29) is 36.4 Å². The molecular weight excluding hydrogens is 351 g/mol. The lowest BCUT2D eigenvalue weighted by atomic mass is 9.98. The topological polar surface area (TPSA) is 96.2 Å². The van der Waals surface area contributed by atoms with E-state index in [4.69, 9.17) is 17.3 Å². The summed E-state index contributed by atoms with van der Waals surface area (Å²) in [7, 11) is 0. The van der Waals surface area contributed by atoms with Crippen LogP contribution in [0.2, 0.25) is 5.02 Å². The van der Waals surface area contributed by atoms with E-state index in [1.165, 1.54) is 0 Å². The largest absolute Gasteiger partial charge is 0.348 e. The molecule has 0 radical (unpaired) electrons. The van der Waals surface area contributed by atoms with Crippen LogP contribution in [0.1, 0.15) is 31.2 Å². The number of hydrogen-bond acceptors (Lipinski definition) is 3. The van der Waals surface area contributed by atoms with Gasteiger partial charge in [-0.15, -0.1) is 12.4 Å². The van der Waals surface area contributed by atoms with Crippen molar-refractivity contribution in [1.82, 2.24) is 16.0 Å². The molecule has 24 heavy (non-hydrogen) atoms. The molecular formula is C16H24Cl2N4O2. The molecule has 1 aliphatic rings. The summed E-state index contributed by atoms with van der Waals surface area (Å²) >= 11 is 5.80. The van der Waals surface area contributed by atoms with Gasteiger partial charge in [0.15, 0.2) is 0 Å². The number of rotatable bonds is 6. The Labute approximate surface area is 153 Å². The fraction of sp³-hybridized carbons (Fsp3) is 0.500. The van der Waals surface area contributed by atoms with E-state index in [2.05, 4.69) is 16.0 Å². The van der Waals surface area contributed by atoms with Crippen LogP contribution in [0, 0.1) is 0 Å². The lowest BCUT2D eigenvalue weighted by molar-refractivity contribution is -0.121. The Balaban J connectivity index is 0.00000288. The maximum atomic E-state index is 12.0. The normalized spacial score (nSPS) is 15.2. The summed E-state index contributed by atoms with van der Waals surface area (Å²) in [6.07, 6.45) is 3.95. The highest BCUT2D eigenvalue weighted by Crippen LogP contribution is 2.28. The van der Waals surface area contributed by atoms with E-state index in [0.29, 0.717) is 18.1 Å². The zero-order valence-corrected chi connectivity index (χ0v) is 15.0. The number of nitrogens with two attached hydrogens (primary N) is 1. The zero-order valence-electron chi connectivity index (χ0n) is 13.4. The van der Waals surface area contributed by atoms with Crippen LogP contribution >= 0.6 is 24.0 Å². The number of halogens is 2. The van der Waals surface area contributed by atoms with E-state index < -0.39 is 0 Å². The molecule has 5 N–H and O–H groups in total. The zero-order chi connectivity index (χ0) is 16.7. The van der Waals surface area contributed by atoms with Gasteiger partial charge in [-0.25, -0.2) is 4.79 Å². The Kier molecular flexibility index (Phi) is 8.31. The fourth-order valence-corrected chi connectivity index (χ4v) is 2.91. The van der Waals surface area contributed by atoms with E-state index >= 15 is 0 Å². The Morgan fingerprint density at radius 1 is 1.12 bits per heavy atom. The SMILES string of the molecule is Cl.NCC1(NC(=O)CNC(=O)NCc2ccc(Cl)cc2)CCCC1. The molecule has 0 saturated heterocycles. The standard InChI is InChI=1S/C16H23ClN4O2.ClH/c17-13-5-3-12(4-6-13)9-19-15(23)20-10-14(22)21-16(11-18)7-1-2-8-16;/h3-6H,1-2,7-11,18H2,(H,21,22)(H2,19,20,23);1H. The molecule has 6 nitrogen and oxygen atoms in total. The molecule has 0 atom stereocenters. The minimum absolute atomic E-state index is 0. The number of carbonyl (C=O) groups excluding carboxylic acids is 2. The van der Waals surface area contributed by atoms with Crippen molar-refractivity contribution in [2.75, 3.05) is 13.1 Å². The maximum Gasteiger partial charge on any atom is 0.315 e. The van der Waals surface area contributed by atoms with E-state index in [0.717, 1.165) is 31.2 Å². The van der Waals surface area contributed by atoms with Crippen molar-refractivity contribution in [3.8, 4) is 0 Å². The highest BCUT2D eigenvalue weighted by Gasteiger charge is 2.33. The van der Waals surface area contributed by atoms with E-state index in [9.17, 15) is 9.59 Å². The molecule has 1 aromatic rings. The summed E-state index contributed by atoms with van der Waals surface area (Å²) in [5, 5.41) is 8.85. The molecule has 0 unspecified atom stereocenters. The van der Waals surface area contributed by atoms with Crippen LogP contribution in [0.15, 0.2) is 24.3 Å². The molecule has 0 aliphatic heterocycles. The summed E-state index contributed by atoms with van der Waals surface area (Å²) in [5.41, 5.74) is 6.41. The van der Waals surface area contributed by atoms with Gasteiger partial charge in [-0.05, 0) is 30.5 Å². The molecule has 0 aromatic heterocycles. The van der Waals surface area contributed by atoms with Crippen molar-refractivity contribution in [2.45, 2.75) is 37.8 Å². The van der Waals surface area contributed by atoms with Gasteiger partial charge < -0.3 is 21.7 Å². The van der Waals surface area contributed by atoms with Crippen molar-refractivity contribution < 1.29 is 9.59 Å². The van der Waals surface area contributed by atoms with E-state index in [1.807, 2.05) is 12.1 Å². The molecule has 8 heteroatoms.